The van der Waals surface area contributed by atoms with Gasteiger partial charge in [0.25, 0.3) is 0 Å². The van der Waals surface area contributed by atoms with Crippen LogP contribution in [0.5, 0.6) is 0 Å². The normalized spacial score (nSPS) is 19.3. The molecule has 0 bridgehead atoms. The van der Waals surface area contributed by atoms with E-state index < -0.39 is 0 Å². The van der Waals surface area contributed by atoms with Gasteiger partial charge in [0.05, 0.1) is 10.9 Å². The topological polar surface area (TPSA) is 60.7 Å². The molecule has 5 nitrogen and oxygen atoms in total. The van der Waals surface area contributed by atoms with Crippen molar-refractivity contribution in [2.24, 2.45) is 0 Å². The van der Waals surface area contributed by atoms with Crippen LogP contribution in [0.2, 0.25) is 0 Å². The number of nitrogens with zero attached hydrogens (tertiary/aromatic N) is 4. The highest BCUT2D eigenvalue weighted by Gasteiger charge is 2.27. The van der Waals surface area contributed by atoms with Crippen LogP contribution in [0.4, 0.5) is 0 Å². The van der Waals surface area contributed by atoms with E-state index in [9.17, 15) is 4.79 Å². The second kappa shape index (κ2) is 4.89. The maximum atomic E-state index is 11.6. The van der Waals surface area contributed by atoms with Gasteiger partial charge in [-0.2, -0.15) is 4.68 Å². The molecule has 18 heavy (non-hydrogen) atoms. The Morgan fingerprint density at radius 2 is 2.11 bits per heavy atom. The molecule has 2 aromatic rings. The third-order valence-electron chi connectivity index (χ3n) is 2.94. The van der Waals surface area contributed by atoms with Gasteiger partial charge in [0.15, 0.2) is 0 Å². The number of rotatable bonds is 3. The van der Waals surface area contributed by atoms with Crippen molar-refractivity contribution in [2.45, 2.75) is 29.7 Å². The van der Waals surface area contributed by atoms with Gasteiger partial charge in [0.2, 0.25) is 5.16 Å². The zero-order chi connectivity index (χ0) is 12.4. The first kappa shape index (κ1) is 11.4. The molecule has 0 aliphatic heterocycles. The zero-order valence-electron chi connectivity index (χ0n) is 9.69. The summed E-state index contributed by atoms with van der Waals surface area (Å²) in [7, 11) is 0. The first-order chi connectivity index (χ1) is 8.84. The number of ketones is 1. The Balaban J connectivity index is 1.86. The highest BCUT2D eigenvalue weighted by Crippen LogP contribution is 2.31. The number of benzene rings is 1. The molecule has 92 valence electrons. The minimum Gasteiger partial charge on any atom is -0.298 e. The summed E-state index contributed by atoms with van der Waals surface area (Å²) in [6.45, 7) is 0. The molecule has 0 saturated heterocycles. The predicted octanol–water partition coefficient (Wildman–Crippen LogP) is 1.88. The number of tetrazole rings is 1. The van der Waals surface area contributed by atoms with Crippen molar-refractivity contribution >= 4 is 17.5 Å². The third-order valence-corrected chi connectivity index (χ3v) is 4.19. The fraction of sp³-hybridized carbons (Fsp3) is 0.333. The van der Waals surface area contributed by atoms with Gasteiger partial charge >= 0.3 is 0 Å². The van der Waals surface area contributed by atoms with E-state index in [4.69, 9.17) is 0 Å². The molecule has 0 unspecified atom stereocenters. The summed E-state index contributed by atoms with van der Waals surface area (Å²) >= 11 is 1.46. The highest BCUT2D eigenvalue weighted by molar-refractivity contribution is 8.00. The maximum Gasteiger partial charge on any atom is 0.214 e. The van der Waals surface area contributed by atoms with Crippen molar-refractivity contribution in [1.82, 2.24) is 20.2 Å². The van der Waals surface area contributed by atoms with Crippen LogP contribution < -0.4 is 0 Å². The summed E-state index contributed by atoms with van der Waals surface area (Å²) in [6.07, 6.45) is 2.58. The number of para-hydroxylation sites is 1. The van der Waals surface area contributed by atoms with Crippen LogP contribution in [0.3, 0.4) is 0 Å². The van der Waals surface area contributed by atoms with Gasteiger partial charge in [-0.1, -0.05) is 30.0 Å². The van der Waals surface area contributed by atoms with Crippen LogP contribution >= 0.6 is 11.8 Å². The molecule has 1 aliphatic carbocycles. The molecule has 1 heterocycles. The molecule has 1 saturated carbocycles. The summed E-state index contributed by atoms with van der Waals surface area (Å²) in [5.41, 5.74) is 0.912. The number of thioether (sulfide) groups is 1. The average molecular weight is 260 g/mol. The molecule has 1 aromatic heterocycles. The van der Waals surface area contributed by atoms with E-state index in [1.165, 1.54) is 11.8 Å². The minimum absolute atomic E-state index is 0.0125. The molecule has 0 radical (unpaired) electrons. The monoisotopic (exact) mass is 260 g/mol. The highest BCUT2D eigenvalue weighted by atomic mass is 32.2. The van der Waals surface area contributed by atoms with E-state index in [0.717, 1.165) is 18.5 Å². The molecule has 0 N–H and O–H groups in total. The smallest absolute Gasteiger partial charge is 0.214 e. The van der Waals surface area contributed by atoms with Crippen LogP contribution in [-0.4, -0.2) is 31.2 Å². The lowest BCUT2D eigenvalue weighted by Gasteiger charge is -2.07. The van der Waals surface area contributed by atoms with E-state index in [-0.39, 0.29) is 5.25 Å². The molecule has 1 aromatic carbocycles. The first-order valence-corrected chi connectivity index (χ1v) is 6.76. The lowest BCUT2D eigenvalue weighted by Crippen LogP contribution is -2.10. The van der Waals surface area contributed by atoms with Crippen molar-refractivity contribution in [3.8, 4) is 5.69 Å². The van der Waals surface area contributed by atoms with Gasteiger partial charge in [-0.25, -0.2) is 0 Å². The minimum atomic E-state index is 0.0125. The van der Waals surface area contributed by atoms with Crippen LogP contribution in [0, 0.1) is 0 Å². The number of Topliss-reactive ketones (excluding diaryl/α,β-unsaturated/α-hetero) is 1. The van der Waals surface area contributed by atoms with E-state index in [2.05, 4.69) is 15.5 Å². The van der Waals surface area contributed by atoms with Gasteiger partial charge < -0.3 is 0 Å². The van der Waals surface area contributed by atoms with Crippen LogP contribution in [-0.2, 0) is 4.79 Å². The molecule has 0 amide bonds. The summed E-state index contributed by atoms with van der Waals surface area (Å²) in [5.74, 6) is 0.308. The summed E-state index contributed by atoms with van der Waals surface area (Å²) in [6, 6.07) is 9.70. The Morgan fingerprint density at radius 1 is 1.28 bits per heavy atom. The van der Waals surface area contributed by atoms with E-state index in [1.54, 1.807) is 4.68 Å². The number of hydrogen-bond donors (Lipinski definition) is 0. The first-order valence-electron chi connectivity index (χ1n) is 5.88. The van der Waals surface area contributed by atoms with E-state index >= 15 is 0 Å². The Morgan fingerprint density at radius 3 is 2.83 bits per heavy atom. The summed E-state index contributed by atoms with van der Waals surface area (Å²) in [4.78, 5) is 11.6. The van der Waals surface area contributed by atoms with Crippen molar-refractivity contribution in [3.05, 3.63) is 30.3 Å². The molecule has 1 atom stereocenters. The van der Waals surface area contributed by atoms with E-state index in [1.807, 2.05) is 30.3 Å². The molecule has 0 spiro atoms. The molecule has 1 aliphatic rings. The largest absolute Gasteiger partial charge is 0.298 e. The fourth-order valence-corrected chi connectivity index (χ4v) is 3.13. The third kappa shape index (κ3) is 2.15. The van der Waals surface area contributed by atoms with Gasteiger partial charge in [0, 0.05) is 6.42 Å². The Kier molecular flexibility index (Phi) is 3.10. The molecule has 3 rings (SSSR count). The Hall–Kier alpha value is -1.69. The molecule has 6 heteroatoms. The van der Waals surface area contributed by atoms with Crippen molar-refractivity contribution in [3.63, 3.8) is 0 Å². The number of hydrogen-bond acceptors (Lipinski definition) is 5. The number of carbonyl (C=O) groups is 1. The average Bonchev–Trinajstić information content (AvgIpc) is 3.01. The van der Waals surface area contributed by atoms with Crippen LogP contribution in [0.15, 0.2) is 35.5 Å². The molecule has 1 fully saturated rings. The number of aromatic nitrogens is 4. The molecular weight excluding hydrogens is 248 g/mol. The second-order valence-electron chi connectivity index (χ2n) is 4.17. The summed E-state index contributed by atoms with van der Waals surface area (Å²) < 4.78 is 1.68. The van der Waals surface area contributed by atoms with Crippen LogP contribution in [0.25, 0.3) is 5.69 Å². The standard InChI is InChI=1S/C12H12N4OS/c17-10-7-4-8-11(10)18-12-13-14-15-16(12)9-5-2-1-3-6-9/h1-3,5-6,11H,4,7-8H2/t11-/m1/s1. The van der Waals surface area contributed by atoms with Gasteiger partial charge in [0.1, 0.15) is 5.78 Å². The van der Waals surface area contributed by atoms with Gasteiger partial charge in [-0.3, -0.25) is 4.79 Å². The van der Waals surface area contributed by atoms with E-state index in [0.29, 0.717) is 17.4 Å². The lowest BCUT2D eigenvalue weighted by atomic mass is 10.3. The Labute approximate surface area is 109 Å². The van der Waals surface area contributed by atoms with Crippen molar-refractivity contribution < 1.29 is 4.79 Å². The lowest BCUT2D eigenvalue weighted by molar-refractivity contribution is -0.116. The number of carbonyl (C=O) groups excluding carboxylic acids is 1. The van der Waals surface area contributed by atoms with Crippen molar-refractivity contribution in [1.29, 1.82) is 0 Å². The molecular formula is C12H12N4OS. The summed E-state index contributed by atoms with van der Waals surface area (Å²) in [5, 5.41) is 12.4. The SMILES string of the molecule is O=C1CCC[C@H]1Sc1nnnn1-c1ccccc1. The van der Waals surface area contributed by atoms with Gasteiger partial charge in [-0.05, 0) is 35.4 Å². The quantitative estimate of drug-likeness (QED) is 0.843. The maximum absolute atomic E-state index is 11.6. The fourth-order valence-electron chi connectivity index (χ4n) is 2.02. The predicted molar refractivity (Wildman–Crippen MR) is 67.7 cm³/mol. The van der Waals surface area contributed by atoms with Crippen molar-refractivity contribution in [2.75, 3.05) is 0 Å². The van der Waals surface area contributed by atoms with Crippen LogP contribution in [0.1, 0.15) is 19.3 Å². The second-order valence-corrected chi connectivity index (χ2v) is 5.34. The Bertz CT molecular complexity index is 554. The van der Waals surface area contributed by atoms with Gasteiger partial charge in [-0.15, -0.1) is 5.10 Å². The zero-order valence-corrected chi connectivity index (χ0v) is 10.5.